The molecule has 2 unspecified atom stereocenters. The van der Waals surface area contributed by atoms with Crippen molar-refractivity contribution in [3.05, 3.63) is 24.3 Å². The van der Waals surface area contributed by atoms with Gasteiger partial charge in [-0.2, -0.15) is 8.42 Å². The fourth-order valence-electron chi connectivity index (χ4n) is 1.71. The summed E-state index contributed by atoms with van der Waals surface area (Å²) >= 11 is 0. The van der Waals surface area contributed by atoms with Crippen LogP contribution in [0.15, 0.2) is 24.3 Å². The van der Waals surface area contributed by atoms with Gasteiger partial charge >= 0.3 is 11.9 Å². The van der Waals surface area contributed by atoms with Gasteiger partial charge < -0.3 is 9.47 Å². The first kappa shape index (κ1) is 14.4. The minimum atomic E-state index is -4.92. The van der Waals surface area contributed by atoms with Crippen molar-refractivity contribution >= 4 is 22.1 Å². The van der Waals surface area contributed by atoms with Gasteiger partial charge in [0.05, 0.1) is 14.2 Å². The maximum absolute atomic E-state index is 11.7. The molecule has 7 nitrogen and oxygen atoms in total. The van der Waals surface area contributed by atoms with Gasteiger partial charge in [0, 0.05) is 0 Å². The fraction of sp³-hybridized carbons (Fsp3) is 0.400. The number of allylic oxidation sites excluding steroid dienone is 2. The summed E-state index contributed by atoms with van der Waals surface area (Å²) in [5.74, 6) is -3.74. The molecule has 100 valence electrons. The Labute approximate surface area is 104 Å². The summed E-state index contributed by atoms with van der Waals surface area (Å²) in [6.45, 7) is 0. The van der Waals surface area contributed by atoms with Gasteiger partial charge in [-0.1, -0.05) is 18.2 Å². The van der Waals surface area contributed by atoms with Gasteiger partial charge in [0.2, 0.25) is 4.75 Å². The number of methoxy groups -OCH3 is 2. The molecule has 0 fully saturated rings. The van der Waals surface area contributed by atoms with Gasteiger partial charge in [-0.3, -0.25) is 9.35 Å². The highest BCUT2D eigenvalue weighted by Crippen LogP contribution is 2.34. The van der Waals surface area contributed by atoms with Crippen LogP contribution in [-0.4, -0.2) is 43.9 Å². The fourth-order valence-corrected chi connectivity index (χ4v) is 2.75. The topological polar surface area (TPSA) is 107 Å². The zero-order valence-corrected chi connectivity index (χ0v) is 10.5. The van der Waals surface area contributed by atoms with Gasteiger partial charge in [-0.25, -0.2) is 4.79 Å². The lowest BCUT2D eigenvalue weighted by Gasteiger charge is -2.30. The monoisotopic (exact) mass is 276 g/mol. The molecule has 0 aromatic carbocycles. The Hall–Kier alpha value is -1.67. The predicted molar refractivity (Wildman–Crippen MR) is 60.1 cm³/mol. The molecule has 1 aliphatic carbocycles. The van der Waals surface area contributed by atoms with Crippen LogP contribution in [0.5, 0.6) is 0 Å². The van der Waals surface area contributed by atoms with Crippen molar-refractivity contribution in [1.82, 2.24) is 0 Å². The van der Waals surface area contributed by atoms with Crippen LogP contribution >= 0.6 is 0 Å². The van der Waals surface area contributed by atoms with Gasteiger partial charge in [0.15, 0.2) is 0 Å². The molecule has 0 aromatic heterocycles. The number of ether oxygens (including phenoxy) is 2. The van der Waals surface area contributed by atoms with Crippen molar-refractivity contribution < 1.29 is 32.0 Å². The maximum Gasteiger partial charge on any atom is 0.335 e. The van der Waals surface area contributed by atoms with E-state index in [0.717, 1.165) is 26.4 Å². The molecule has 1 N–H and O–H groups in total. The second-order valence-electron chi connectivity index (χ2n) is 3.50. The van der Waals surface area contributed by atoms with Gasteiger partial charge in [-0.15, -0.1) is 0 Å². The summed E-state index contributed by atoms with van der Waals surface area (Å²) in [7, 11) is -2.92. The van der Waals surface area contributed by atoms with Gasteiger partial charge in [0.25, 0.3) is 10.1 Å². The first-order chi connectivity index (χ1) is 8.31. The first-order valence-corrected chi connectivity index (χ1v) is 6.24. The Morgan fingerprint density at radius 3 is 2.28 bits per heavy atom. The molecule has 8 heteroatoms. The molecule has 0 spiro atoms. The average molecular weight is 276 g/mol. The average Bonchev–Trinajstić information content (AvgIpc) is 2.35. The van der Waals surface area contributed by atoms with Crippen LogP contribution in [0.1, 0.15) is 0 Å². The van der Waals surface area contributed by atoms with Crippen LogP contribution in [0.3, 0.4) is 0 Å². The lowest BCUT2D eigenvalue weighted by molar-refractivity contribution is -0.152. The highest BCUT2D eigenvalue weighted by atomic mass is 32.2. The number of carbonyl (C=O) groups excluding carboxylic acids is 2. The highest BCUT2D eigenvalue weighted by Gasteiger charge is 2.58. The third-order valence-electron chi connectivity index (χ3n) is 2.61. The predicted octanol–water partition coefficient (Wildman–Crippen LogP) is -0.299. The van der Waals surface area contributed by atoms with E-state index < -0.39 is 32.7 Å². The number of hydrogen-bond donors (Lipinski definition) is 1. The van der Waals surface area contributed by atoms with Crippen molar-refractivity contribution in [3.63, 3.8) is 0 Å². The minimum Gasteiger partial charge on any atom is -0.469 e. The molecule has 0 aromatic rings. The Morgan fingerprint density at radius 1 is 1.22 bits per heavy atom. The third-order valence-corrected chi connectivity index (χ3v) is 4.02. The van der Waals surface area contributed by atoms with Gasteiger partial charge in [0.1, 0.15) is 5.92 Å². The maximum atomic E-state index is 11.7. The van der Waals surface area contributed by atoms with Crippen LogP contribution in [0, 0.1) is 5.92 Å². The summed E-state index contributed by atoms with van der Waals surface area (Å²) < 4.78 is 38.6. The van der Waals surface area contributed by atoms with E-state index in [0.29, 0.717) is 0 Å². The van der Waals surface area contributed by atoms with Crippen LogP contribution in [0.2, 0.25) is 0 Å². The molecule has 0 amide bonds. The minimum absolute atomic E-state index is 0.899. The molecule has 0 bridgehead atoms. The summed E-state index contributed by atoms with van der Waals surface area (Å²) in [5, 5.41) is 0. The van der Waals surface area contributed by atoms with Gasteiger partial charge in [-0.05, 0) is 6.08 Å². The van der Waals surface area contributed by atoms with Crippen molar-refractivity contribution in [2.45, 2.75) is 4.75 Å². The van der Waals surface area contributed by atoms with E-state index in [1.54, 1.807) is 0 Å². The summed E-state index contributed by atoms with van der Waals surface area (Å²) in [6.07, 6.45) is 4.64. The molecule has 1 rings (SSSR count). The molecule has 0 saturated carbocycles. The molecule has 0 saturated heterocycles. The highest BCUT2D eigenvalue weighted by molar-refractivity contribution is 7.88. The quantitative estimate of drug-likeness (QED) is 0.557. The smallest absolute Gasteiger partial charge is 0.335 e. The standard InChI is InChI=1S/C10H12O7S/c1-16-8(11)7-5-3-4-6-10(7,9(12)17-2)18(13,14)15/h3-7H,1-2H3,(H,13,14,15). The van der Waals surface area contributed by atoms with Crippen molar-refractivity contribution in [2.24, 2.45) is 5.92 Å². The molecule has 2 atom stereocenters. The number of carbonyl (C=O) groups is 2. The molecule has 1 aliphatic rings. The SMILES string of the molecule is COC(=O)C1C=CC=CC1(C(=O)OC)S(=O)(=O)O. The van der Waals surface area contributed by atoms with E-state index in [1.807, 2.05) is 0 Å². The Kier molecular flexibility index (Phi) is 3.92. The molecule has 18 heavy (non-hydrogen) atoms. The van der Waals surface area contributed by atoms with E-state index in [2.05, 4.69) is 9.47 Å². The molecule has 0 aliphatic heterocycles. The lowest BCUT2D eigenvalue weighted by Crippen LogP contribution is -2.54. The van der Waals surface area contributed by atoms with Crippen molar-refractivity contribution in [2.75, 3.05) is 14.2 Å². The lowest BCUT2D eigenvalue weighted by atomic mass is 9.87. The van der Waals surface area contributed by atoms with E-state index >= 15 is 0 Å². The van der Waals surface area contributed by atoms with Crippen LogP contribution in [0.4, 0.5) is 0 Å². The Bertz CT molecular complexity index is 516. The number of rotatable bonds is 3. The van der Waals surface area contributed by atoms with Crippen LogP contribution in [-0.2, 0) is 29.2 Å². The molecule has 0 heterocycles. The molecular formula is C10H12O7S. The number of hydrogen-bond acceptors (Lipinski definition) is 6. The van der Waals surface area contributed by atoms with Crippen LogP contribution < -0.4 is 0 Å². The summed E-state index contributed by atoms with van der Waals surface area (Å²) in [5.41, 5.74) is 0. The second-order valence-corrected chi connectivity index (χ2v) is 5.13. The summed E-state index contributed by atoms with van der Waals surface area (Å²) in [6, 6.07) is 0. The number of esters is 2. The Morgan fingerprint density at radius 2 is 1.83 bits per heavy atom. The Balaban J connectivity index is 3.50. The van der Waals surface area contributed by atoms with E-state index in [1.165, 1.54) is 12.2 Å². The van der Waals surface area contributed by atoms with E-state index in [9.17, 15) is 22.6 Å². The third kappa shape index (κ3) is 2.04. The van der Waals surface area contributed by atoms with Crippen molar-refractivity contribution in [3.8, 4) is 0 Å². The van der Waals surface area contributed by atoms with E-state index in [-0.39, 0.29) is 0 Å². The van der Waals surface area contributed by atoms with E-state index in [4.69, 9.17) is 0 Å². The van der Waals surface area contributed by atoms with Crippen LogP contribution in [0.25, 0.3) is 0 Å². The molecular weight excluding hydrogens is 264 g/mol. The van der Waals surface area contributed by atoms with Crippen molar-refractivity contribution in [1.29, 1.82) is 0 Å². The second kappa shape index (κ2) is 4.91. The molecule has 0 radical (unpaired) electrons. The first-order valence-electron chi connectivity index (χ1n) is 4.80. The largest absolute Gasteiger partial charge is 0.469 e. The normalized spacial score (nSPS) is 26.7. The zero-order valence-electron chi connectivity index (χ0n) is 9.69. The summed E-state index contributed by atoms with van der Waals surface area (Å²) in [4.78, 5) is 23.3. The zero-order chi connectivity index (χ0) is 14.0.